The van der Waals surface area contributed by atoms with Gasteiger partial charge in [0.15, 0.2) is 4.34 Å². The fourth-order valence-electron chi connectivity index (χ4n) is 3.12. The molecule has 0 fully saturated rings. The lowest BCUT2D eigenvalue weighted by molar-refractivity contribution is -0.127. The molecule has 4 nitrogen and oxygen atoms in total. The second kappa shape index (κ2) is 8.50. The lowest BCUT2D eigenvalue weighted by Gasteiger charge is -2.27. The predicted molar refractivity (Wildman–Crippen MR) is 111 cm³/mol. The number of carbonyl (C=O) groups is 1. The molecule has 0 unspecified atom stereocenters. The van der Waals surface area contributed by atoms with E-state index >= 15 is 0 Å². The molecule has 3 aromatic rings. The normalized spacial score (nSPS) is 14.3. The number of thiazole rings is 1. The van der Waals surface area contributed by atoms with Crippen molar-refractivity contribution < 1.29 is 9.21 Å². The first-order valence-electron chi connectivity index (χ1n) is 8.90. The Morgan fingerprint density at radius 2 is 2.26 bits per heavy atom. The fourth-order valence-corrected chi connectivity index (χ4v) is 5.21. The molecule has 0 bridgehead atoms. The molecule has 0 saturated heterocycles. The summed E-state index contributed by atoms with van der Waals surface area (Å²) in [7, 11) is 0. The smallest absolute Gasteiger partial charge is 0.237 e. The molecule has 0 aliphatic heterocycles. The SMILES string of the molecule is O=C(CSc1nc2cc(Cl)ccc2s1)N(Cc1ccco1)C1=CCCCC1. The largest absolute Gasteiger partial charge is 0.467 e. The molecule has 1 aliphatic rings. The summed E-state index contributed by atoms with van der Waals surface area (Å²) in [4.78, 5) is 19.4. The molecule has 1 amide bonds. The molecule has 4 rings (SSSR count). The fraction of sp³-hybridized carbons (Fsp3) is 0.300. The van der Waals surface area contributed by atoms with E-state index in [0.29, 0.717) is 17.3 Å². The van der Waals surface area contributed by atoms with Crippen molar-refractivity contribution in [2.24, 2.45) is 0 Å². The highest BCUT2D eigenvalue weighted by Gasteiger charge is 2.21. The number of thioether (sulfide) groups is 1. The number of benzene rings is 1. The van der Waals surface area contributed by atoms with Crippen LogP contribution in [0.3, 0.4) is 0 Å². The number of allylic oxidation sites excluding steroid dienone is 2. The third kappa shape index (κ3) is 4.57. The number of carbonyl (C=O) groups excluding carboxylic acids is 1. The average molecular weight is 419 g/mol. The summed E-state index contributed by atoms with van der Waals surface area (Å²) < 4.78 is 7.43. The number of amides is 1. The summed E-state index contributed by atoms with van der Waals surface area (Å²) in [5.41, 5.74) is 1.99. The highest BCUT2D eigenvalue weighted by molar-refractivity contribution is 8.01. The number of fused-ring (bicyclic) bond motifs is 1. The van der Waals surface area contributed by atoms with Gasteiger partial charge in [-0.15, -0.1) is 11.3 Å². The molecular formula is C20H19ClN2O2S2. The van der Waals surface area contributed by atoms with Crippen LogP contribution in [0.5, 0.6) is 0 Å². The van der Waals surface area contributed by atoms with Gasteiger partial charge in [-0.2, -0.15) is 0 Å². The van der Waals surface area contributed by atoms with Crippen molar-refractivity contribution in [2.45, 2.75) is 36.6 Å². The Morgan fingerprint density at radius 1 is 1.33 bits per heavy atom. The van der Waals surface area contributed by atoms with E-state index in [4.69, 9.17) is 16.0 Å². The van der Waals surface area contributed by atoms with Crippen molar-refractivity contribution >= 4 is 50.8 Å². The lowest BCUT2D eigenvalue weighted by Crippen LogP contribution is -2.32. The quantitative estimate of drug-likeness (QED) is 0.452. The van der Waals surface area contributed by atoms with E-state index in [1.54, 1.807) is 17.6 Å². The van der Waals surface area contributed by atoms with Crippen LogP contribution >= 0.6 is 34.7 Å². The number of hydrogen-bond donors (Lipinski definition) is 0. The number of halogens is 1. The number of rotatable bonds is 6. The Balaban J connectivity index is 1.47. The molecule has 0 radical (unpaired) electrons. The highest BCUT2D eigenvalue weighted by atomic mass is 35.5. The second-order valence-electron chi connectivity index (χ2n) is 6.38. The maximum absolute atomic E-state index is 13.0. The maximum atomic E-state index is 13.0. The van der Waals surface area contributed by atoms with Gasteiger partial charge in [-0.05, 0) is 56.0 Å². The van der Waals surface area contributed by atoms with Crippen molar-refractivity contribution in [1.82, 2.24) is 9.88 Å². The molecule has 7 heteroatoms. The van der Waals surface area contributed by atoms with Gasteiger partial charge < -0.3 is 9.32 Å². The zero-order valence-electron chi connectivity index (χ0n) is 14.7. The summed E-state index contributed by atoms with van der Waals surface area (Å²) in [6.07, 6.45) is 8.12. The minimum atomic E-state index is 0.0850. The van der Waals surface area contributed by atoms with Crippen molar-refractivity contribution in [3.05, 3.63) is 59.2 Å². The Morgan fingerprint density at radius 3 is 3.04 bits per heavy atom. The van der Waals surface area contributed by atoms with Gasteiger partial charge in [0.05, 0.1) is 28.8 Å². The van der Waals surface area contributed by atoms with Gasteiger partial charge >= 0.3 is 0 Å². The van der Waals surface area contributed by atoms with E-state index in [-0.39, 0.29) is 5.91 Å². The Kier molecular flexibility index (Phi) is 5.86. The van der Waals surface area contributed by atoms with Crippen LogP contribution in [0.25, 0.3) is 10.2 Å². The van der Waals surface area contributed by atoms with Crippen LogP contribution < -0.4 is 0 Å². The van der Waals surface area contributed by atoms with Crippen LogP contribution in [0.4, 0.5) is 0 Å². The van der Waals surface area contributed by atoms with Crippen molar-refractivity contribution in [3.8, 4) is 0 Å². The average Bonchev–Trinajstić information content (AvgIpc) is 3.34. The summed E-state index contributed by atoms with van der Waals surface area (Å²) >= 11 is 9.10. The monoisotopic (exact) mass is 418 g/mol. The first-order valence-corrected chi connectivity index (χ1v) is 11.1. The molecule has 0 atom stereocenters. The topological polar surface area (TPSA) is 46.3 Å². The number of furan rings is 1. The predicted octanol–water partition coefficient (Wildman–Crippen LogP) is 6.12. The molecule has 1 aliphatic carbocycles. The first-order chi connectivity index (χ1) is 13.2. The molecular weight excluding hydrogens is 400 g/mol. The third-order valence-electron chi connectivity index (χ3n) is 4.46. The maximum Gasteiger partial charge on any atom is 0.237 e. The van der Waals surface area contributed by atoms with Gasteiger partial charge in [0.2, 0.25) is 5.91 Å². The van der Waals surface area contributed by atoms with Crippen LogP contribution in [0.2, 0.25) is 5.02 Å². The van der Waals surface area contributed by atoms with Gasteiger partial charge in [0, 0.05) is 10.7 Å². The number of aromatic nitrogens is 1. The van der Waals surface area contributed by atoms with Crippen LogP contribution in [-0.4, -0.2) is 21.5 Å². The molecule has 0 spiro atoms. The van der Waals surface area contributed by atoms with Gasteiger partial charge in [0.1, 0.15) is 5.76 Å². The van der Waals surface area contributed by atoms with Crippen molar-refractivity contribution in [2.75, 3.05) is 5.75 Å². The number of nitrogens with zero attached hydrogens (tertiary/aromatic N) is 2. The van der Waals surface area contributed by atoms with E-state index < -0.39 is 0 Å². The van der Waals surface area contributed by atoms with Crippen molar-refractivity contribution in [1.29, 1.82) is 0 Å². The van der Waals surface area contributed by atoms with E-state index in [1.165, 1.54) is 18.2 Å². The van der Waals surface area contributed by atoms with Gasteiger partial charge in [-0.3, -0.25) is 4.79 Å². The molecule has 27 heavy (non-hydrogen) atoms. The molecule has 0 saturated carbocycles. The van der Waals surface area contributed by atoms with Gasteiger partial charge in [-0.1, -0.05) is 29.4 Å². The van der Waals surface area contributed by atoms with Gasteiger partial charge in [-0.25, -0.2) is 4.98 Å². The molecule has 140 valence electrons. The summed E-state index contributed by atoms with van der Waals surface area (Å²) in [6, 6.07) is 9.46. The summed E-state index contributed by atoms with van der Waals surface area (Å²) in [6.45, 7) is 0.480. The molecule has 0 N–H and O–H groups in total. The minimum Gasteiger partial charge on any atom is -0.467 e. The Labute approximate surface area is 171 Å². The van der Waals surface area contributed by atoms with Crippen LogP contribution in [0.15, 0.2) is 57.1 Å². The van der Waals surface area contributed by atoms with Crippen molar-refractivity contribution in [3.63, 3.8) is 0 Å². The molecule has 2 heterocycles. The summed E-state index contributed by atoms with van der Waals surface area (Å²) in [5, 5.41) is 0.675. The van der Waals surface area contributed by atoms with Crippen LogP contribution in [-0.2, 0) is 11.3 Å². The summed E-state index contributed by atoms with van der Waals surface area (Å²) in [5.74, 6) is 1.24. The van der Waals surface area contributed by atoms with Crippen LogP contribution in [0.1, 0.15) is 31.4 Å². The standard InChI is InChI=1S/C20H19ClN2O2S2/c21-14-8-9-18-17(11-14)22-20(27-18)26-13-19(24)23(12-16-7-4-10-25-16)15-5-2-1-3-6-15/h4-5,7-11H,1-3,6,12-13H2. The molecule has 2 aromatic heterocycles. The van der Waals surface area contributed by atoms with Gasteiger partial charge in [0.25, 0.3) is 0 Å². The zero-order chi connectivity index (χ0) is 18.6. The van der Waals surface area contributed by atoms with E-state index in [0.717, 1.165) is 45.3 Å². The lowest BCUT2D eigenvalue weighted by atomic mass is 10.0. The second-order valence-corrected chi connectivity index (χ2v) is 9.07. The van der Waals surface area contributed by atoms with E-state index in [9.17, 15) is 4.79 Å². The zero-order valence-corrected chi connectivity index (χ0v) is 17.1. The van der Waals surface area contributed by atoms with E-state index in [2.05, 4.69) is 11.1 Å². The first kappa shape index (κ1) is 18.6. The van der Waals surface area contributed by atoms with Crippen LogP contribution in [0, 0.1) is 0 Å². The Bertz CT molecular complexity index is 966. The Hall–Kier alpha value is -1.76. The highest BCUT2D eigenvalue weighted by Crippen LogP contribution is 2.32. The van der Waals surface area contributed by atoms with E-state index in [1.807, 2.05) is 35.2 Å². The minimum absolute atomic E-state index is 0.0850. The third-order valence-corrected chi connectivity index (χ3v) is 6.86. The molecule has 1 aromatic carbocycles. The number of hydrogen-bond acceptors (Lipinski definition) is 5.